The number of allylic oxidation sites excluding steroid dienone is 1. The second-order valence-corrected chi connectivity index (χ2v) is 9.51. The summed E-state index contributed by atoms with van der Waals surface area (Å²) in [5, 5.41) is 1.13. The molecule has 0 amide bonds. The van der Waals surface area contributed by atoms with Crippen LogP contribution in [0.15, 0.2) is 42.3 Å². The summed E-state index contributed by atoms with van der Waals surface area (Å²) in [6.07, 6.45) is 10.4. The molecule has 0 radical (unpaired) electrons. The van der Waals surface area contributed by atoms with Crippen LogP contribution >= 0.6 is 0 Å². The van der Waals surface area contributed by atoms with E-state index in [1.54, 1.807) is 0 Å². The third-order valence-corrected chi connectivity index (χ3v) is 7.49. The van der Waals surface area contributed by atoms with Crippen molar-refractivity contribution in [2.45, 2.75) is 65.1 Å². The van der Waals surface area contributed by atoms with Crippen molar-refractivity contribution in [3.8, 4) is 11.5 Å². The van der Waals surface area contributed by atoms with E-state index in [0.29, 0.717) is 29.8 Å². The summed E-state index contributed by atoms with van der Waals surface area (Å²) in [5.74, 6) is 1.92. The first kappa shape index (κ1) is 20.5. The number of nitrogens with zero attached hydrogens (tertiary/aromatic N) is 2. The molecule has 3 heterocycles. The number of fused-ring (bicyclic) bond motifs is 4. The number of ether oxygens (including phenoxy) is 2. The van der Waals surface area contributed by atoms with Gasteiger partial charge in [-0.05, 0) is 50.5 Å². The van der Waals surface area contributed by atoms with Gasteiger partial charge >= 0.3 is 0 Å². The highest BCUT2D eigenvalue weighted by Gasteiger charge is 2.37. The number of Topliss-reactive ketones (excluding diaryl/α,β-unsaturated/α-hetero) is 1. The van der Waals surface area contributed by atoms with Gasteiger partial charge < -0.3 is 14.0 Å². The normalized spacial score (nSPS) is 20.1. The molecule has 170 valence electrons. The molecule has 1 fully saturated rings. The second kappa shape index (κ2) is 8.07. The zero-order chi connectivity index (χ0) is 22.5. The maximum Gasteiger partial charge on any atom is 0.232 e. The van der Waals surface area contributed by atoms with Gasteiger partial charge in [-0.3, -0.25) is 9.69 Å². The SMILES string of the molecule is CCn1cc(/C=C2\Oc3c4c(cc(C)c3C2=O)OCN(C2CCCCC2)C4)c2ccccc21. The molecule has 5 nitrogen and oxygen atoms in total. The third-order valence-electron chi connectivity index (χ3n) is 7.49. The maximum absolute atomic E-state index is 13.4. The summed E-state index contributed by atoms with van der Waals surface area (Å²) < 4.78 is 14.7. The summed E-state index contributed by atoms with van der Waals surface area (Å²) in [7, 11) is 0. The van der Waals surface area contributed by atoms with Crippen LogP contribution < -0.4 is 9.47 Å². The number of hydrogen-bond acceptors (Lipinski definition) is 4. The van der Waals surface area contributed by atoms with Gasteiger partial charge in [0, 0.05) is 41.8 Å². The molecule has 0 atom stereocenters. The number of ketones is 1. The number of hydrogen-bond donors (Lipinski definition) is 0. The largest absolute Gasteiger partial charge is 0.478 e. The lowest BCUT2D eigenvalue weighted by Gasteiger charge is -2.37. The smallest absolute Gasteiger partial charge is 0.232 e. The molecule has 1 aliphatic carbocycles. The fraction of sp³-hybridized carbons (Fsp3) is 0.393. The number of benzene rings is 2. The number of carbonyl (C=O) groups excluding carboxylic acids is 1. The fourth-order valence-corrected chi connectivity index (χ4v) is 5.72. The van der Waals surface area contributed by atoms with E-state index in [1.807, 2.05) is 31.2 Å². The van der Waals surface area contributed by atoms with Crippen LogP contribution in [0.25, 0.3) is 17.0 Å². The molecule has 3 aliphatic rings. The minimum atomic E-state index is -0.0339. The van der Waals surface area contributed by atoms with E-state index in [-0.39, 0.29) is 5.78 Å². The first-order valence-corrected chi connectivity index (χ1v) is 12.2. The molecular weight excluding hydrogens is 412 g/mol. The van der Waals surface area contributed by atoms with Gasteiger partial charge in [0.15, 0.2) is 5.76 Å². The molecule has 5 heteroatoms. The Labute approximate surface area is 194 Å². The van der Waals surface area contributed by atoms with Crippen LogP contribution in [0.2, 0.25) is 0 Å². The zero-order valence-electron chi connectivity index (χ0n) is 19.4. The highest BCUT2D eigenvalue weighted by atomic mass is 16.5. The molecule has 0 bridgehead atoms. The van der Waals surface area contributed by atoms with Crippen LogP contribution in [0.5, 0.6) is 11.5 Å². The van der Waals surface area contributed by atoms with Crippen molar-refractivity contribution in [3.05, 3.63) is 64.5 Å². The van der Waals surface area contributed by atoms with Gasteiger partial charge in [0.25, 0.3) is 0 Å². The van der Waals surface area contributed by atoms with Crippen molar-refractivity contribution in [2.75, 3.05) is 6.73 Å². The molecule has 6 rings (SSSR count). The first-order chi connectivity index (χ1) is 16.1. The molecule has 0 spiro atoms. The van der Waals surface area contributed by atoms with E-state index in [2.05, 4.69) is 34.7 Å². The van der Waals surface area contributed by atoms with E-state index < -0.39 is 0 Å². The van der Waals surface area contributed by atoms with Crippen LogP contribution in [0.3, 0.4) is 0 Å². The quantitative estimate of drug-likeness (QED) is 0.462. The van der Waals surface area contributed by atoms with E-state index in [0.717, 1.165) is 40.9 Å². The second-order valence-electron chi connectivity index (χ2n) is 9.51. The molecule has 2 aliphatic heterocycles. The average molecular weight is 443 g/mol. The Hall–Kier alpha value is -3.05. The monoisotopic (exact) mass is 442 g/mol. The van der Waals surface area contributed by atoms with Crippen molar-refractivity contribution in [1.29, 1.82) is 0 Å². The summed E-state index contributed by atoms with van der Waals surface area (Å²) in [6.45, 7) is 6.37. The van der Waals surface area contributed by atoms with E-state index in [4.69, 9.17) is 9.47 Å². The predicted molar refractivity (Wildman–Crippen MR) is 130 cm³/mol. The van der Waals surface area contributed by atoms with E-state index in [1.165, 1.54) is 37.6 Å². The lowest BCUT2D eigenvalue weighted by molar-refractivity contribution is 0.0393. The van der Waals surface area contributed by atoms with Crippen LogP contribution in [0, 0.1) is 6.92 Å². The summed E-state index contributed by atoms with van der Waals surface area (Å²) >= 11 is 0. The predicted octanol–water partition coefficient (Wildman–Crippen LogP) is 6.07. The van der Waals surface area contributed by atoms with E-state index >= 15 is 0 Å². The van der Waals surface area contributed by atoms with Gasteiger partial charge in [-0.2, -0.15) is 0 Å². The van der Waals surface area contributed by atoms with Gasteiger partial charge in [-0.1, -0.05) is 37.5 Å². The van der Waals surface area contributed by atoms with E-state index in [9.17, 15) is 4.79 Å². The standard InChI is InChI=1S/C28H30N2O3/c1-3-29-15-19(21-11-7-8-12-23(21)29)14-25-27(31)26-18(2)13-24-22(28(26)33-25)16-30(17-32-24)20-9-5-4-6-10-20/h7-8,11-15,20H,3-6,9-10,16-17H2,1-2H3/b25-14-. The molecule has 1 aromatic heterocycles. The Morgan fingerprint density at radius 1 is 1.15 bits per heavy atom. The fourth-order valence-electron chi connectivity index (χ4n) is 5.72. The number of aryl methyl sites for hydroxylation is 2. The maximum atomic E-state index is 13.4. The number of para-hydroxylation sites is 1. The average Bonchev–Trinajstić information content (AvgIpc) is 3.38. The number of aromatic nitrogens is 1. The Bertz CT molecular complexity index is 1280. The molecule has 33 heavy (non-hydrogen) atoms. The van der Waals surface area contributed by atoms with Gasteiger partial charge in [0.2, 0.25) is 5.78 Å². The Kier molecular flexibility index (Phi) is 5.02. The Balaban J connectivity index is 1.38. The summed E-state index contributed by atoms with van der Waals surface area (Å²) in [6, 6.07) is 10.9. The van der Waals surface area contributed by atoms with Gasteiger partial charge in [0.05, 0.1) is 11.1 Å². The minimum absolute atomic E-state index is 0.0339. The van der Waals surface area contributed by atoms with Gasteiger partial charge in [-0.15, -0.1) is 0 Å². The Morgan fingerprint density at radius 3 is 2.79 bits per heavy atom. The lowest BCUT2D eigenvalue weighted by Crippen LogP contribution is -2.41. The van der Waals surface area contributed by atoms with Crippen molar-refractivity contribution < 1.29 is 14.3 Å². The molecule has 0 N–H and O–H groups in total. The third kappa shape index (κ3) is 3.37. The molecule has 2 aromatic carbocycles. The molecule has 3 aromatic rings. The van der Waals surface area contributed by atoms with Crippen molar-refractivity contribution in [2.24, 2.45) is 0 Å². The van der Waals surface area contributed by atoms with Crippen molar-refractivity contribution >= 4 is 22.8 Å². The van der Waals surface area contributed by atoms with Crippen LogP contribution in [0.4, 0.5) is 0 Å². The number of carbonyl (C=O) groups is 1. The van der Waals surface area contributed by atoms with Gasteiger partial charge in [-0.25, -0.2) is 0 Å². The minimum Gasteiger partial charge on any atom is -0.478 e. The molecule has 0 unspecified atom stereocenters. The number of rotatable bonds is 3. The highest BCUT2D eigenvalue weighted by molar-refractivity contribution is 6.16. The van der Waals surface area contributed by atoms with Crippen molar-refractivity contribution in [3.63, 3.8) is 0 Å². The highest BCUT2D eigenvalue weighted by Crippen LogP contribution is 2.45. The zero-order valence-corrected chi connectivity index (χ0v) is 19.4. The van der Waals surface area contributed by atoms with Crippen LogP contribution in [-0.2, 0) is 13.1 Å². The summed E-state index contributed by atoms with van der Waals surface area (Å²) in [4.78, 5) is 15.9. The lowest BCUT2D eigenvalue weighted by atomic mass is 9.93. The molecule has 1 saturated carbocycles. The van der Waals surface area contributed by atoms with Crippen LogP contribution in [-0.4, -0.2) is 28.0 Å². The van der Waals surface area contributed by atoms with Crippen molar-refractivity contribution in [1.82, 2.24) is 9.47 Å². The first-order valence-electron chi connectivity index (χ1n) is 12.2. The Morgan fingerprint density at radius 2 is 1.97 bits per heavy atom. The van der Waals surface area contributed by atoms with Gasteiger partial charge in [0.1, 0.15) is 18.2 Å². The van der Waals surface area contributed by atoms with Crippen LogP contribution in [0.1, 0.15) is 66.1 Å². The topological polar surface area (TPSA) is 43.7 Å². The summed E-state index contributed by atoms with van der Waals surface area (Å²) in [5.41, 5.74) is 4.79. The molecular formula is C28H30N2O3. The molecule has 0 saturated heterocycles.